The van der Waals surface area contributed by atoms with Crippen molar-refractivity contribution in [3.05, 3.63) is 27.3 Å². The number of nitrogens with two attached hydrogens (primary N) is 1. The van der Waals surface area contributed by atoms with E-state index in [0.29, 0.717) is 6.07 Å². The highest BCUT2D eigenvalue weighted by Crippen LogP contribution is 2.31. The maximum Gasteiger partial charge on any atom is 0.416 e. The van der Waals surface area contributed by atoms with Gasteiger partial charge >= 0.3 is 6.18 Å². The summed E-state index contributed by atoms with van der Waals surface area (Å²) in [5, 5.41) is 4.80. The lowest BCUT2D eigenvalue weighted by Crippen LogP contribution is -2.15. The molecule has 1 rings (SSSR count). The van der Waals surface area contributed by atoms with Gasteiger partial charge in [-0.1, -0.05) is 0 Å². The van der Waals surface area contributed by atoms with Crippen molar-refractivity contribution in [1.82, 2.24) is 0 Å². The van der Waals surface area contributed by atoms with E-state index in [2.05, 4.69) is 0 Å². The number of benzene rings is 1. The molecule has 2 N–H and O–H groups in total. The highest BCUT2D eigenvalue weighted by Gasteiger charge is 2.31. The minimum absolute atomic E-state index is 0.0510. The number of primary sulfonamides is 1. The molecule has 0 aliphatic carbocycles. The van der Waals surface area contributed by atoms with E-state index in [-0.39, 0.29) is 8.47 Å². The minimum Gasteiger partial charge on any atom is -0.225 e. The van der Waals surface area contributed by atoms with E-state index in [9.17, 15) is 21.6 Å². The SMILES string of the molecule is NS(=O)(=O)c1ccc(C(F)(F)F)cc1I. The van der Waals surface area contributed by atoms with Gasteiger partial charge in [0, 0.05) is 3.57 Å². The summed E-state index contributed by atoms with van der Waals surface area (Å²) in [7, 11) is -3.97. The Bertz CT molecular complexity index is 483. The third kappa shape index (κ3) is 3.05. The fourth-order valence-electron chi connectivity index (χ4n) is 0.908. The van der Waals surface area contributed by atoms with Gasteiger partial charge in [0.15, 0.2) is 0 Å². The Morgan fingerprint density at radius 3 is 2.13 bits per heavy atom. The van der Waals surface area contributed by atoms with Gasteiger partial charge in [-0.3, -0.25) is 0 Å². The zero-order valence-corrected chi connectivity index (χ0v) is 10.0. The maximum absolute atomic E-state index is 12.2. The molecule has 0 amide bonds. The molecule has 3 nitrogen and oxygen atoms in total. The zero-order chi connectivity index (χ0) is 11.9. The van der Waals surface area contributed by atoms with E-state index in [1.807, 2.05) is 0 Å². The normalized spacial score (nSPS) is 12.9. The van der Waals surface area contributed by atoms with Crippen molar-refractivity contribution in [1.29, 1.82) is 0 Å². The number of hydrogen-bond acceptors (Lipinski definition) is 2. The van der Waals surface area contributed by atoms with Crippen LogP contribution in [0.3, 0.4) is 0 Å². The molecule has 0 aliphatic rings. The van der Waals surface area contributed by atoms with Gasteiger partial charge in [0.25, 0.3) is 0 Å². The molecule has 0 unspecified atom stereocenters. The van der Waals surface area contributed by atoms with Crippen LogP contribution in [0.15, 0.2) is 23.1 Å². The van der Waals surface area contributed by atoms with Crippen molar-refractivity contribution in [2.24, 2.45) is 5.14 Å². The summed E-state index contributed by atoms with van der Waals surface area (Å²) in [6.45, 7) is 0. The quantitative estimate of drug-likeness (QED) is 0.787. The topological polar surface area (TPSA) is 60.2 Å². The lowest BCUT2D eigenvalue weighted by Gasteiger charge is -2.08. The molecule has 0 heterocycles. The molecule has 8 heteroatoms. The summed E-state index contributed by atoms with van der Waals surface area (Å²) >= 11 is 1.49. The molecule has 0 atom stereocenters. The van der Waals surface area contributed by atoms with Crippen molar-refractivity contribution in [2.45, 2.75) is 11.1 Å². The summed E-state index contributed by atoms with van der Waals surface area (Å²) in [5.41, 5.74) is -0.903. The number of halogens is 4. The van der Waals surface area contributed by atoms with Gasteiger partial charge in [-0.15, -0.1) is 0 Å². The second-order valence-corrected chi connectivity index (χ2v) is 5.38. The van der Waals surface area contributed by atoms with Gasteiger partial charge < -0.3 is 0 Å². The smallest absolute Gasteiger partial charge is 0.225 e. The molecule has 0 aromatic heterocycles. The second kappa shape index (κ2) is 3.91. The predicted octanol–water partition coefficient (Wildman–Crippen LogP) is 1.96. The zero-order valence-electron chi connectivity index (χ0n) is 7.05. The molecular weight excluding hydrogens is 346 g/mol. The average molecular weight is 351 g/mol. The molecule has 0 fully saturated rings. The molecule has 0 saturated heterocycles. The molecule has 0 radical (unpaired) electrons. The molecule has 84 valence electrons. The van der Waals surface area contributed by atoms with Gasteiger partial charge in [-0.2, -0.15) is 13.2 Å². The van der Waals surface area contributed by atoms with E-state index in [1.165, 1.54) is 22.6 Å². The van der Waals surface area contributed by atoms with Crippen LogP contribution in [0, 0.1) is 3.57 Å². The molecule has 0 bridgehead atoms. The third-order valence-electron chi connectivity index (χ3n) is 1.57. The van der Waals surface area contributed by atoms with Crippen LogP contribution in [-0.2, 0) is 16.2 Å². The fourth-order valence-corrected chi connectivity index (χ4v) is 2.93. The Kier molecular flexibility index (Phi) is 3.31. The predicted molar refractivity (Wildman–Crippen MR) is 55.5 cm³/mol. The number of rotatable bonds is 1. The van der Waals surface area contributed by atoms with E-state index in [1.54, 1.807) is 0 Å². The first kappa shape index (κ1) is 12.7. The van der Waals surface area contributed by atoms with Crippen molar-refractivity contribution < 1.29 is 21.6 Å². The first-order chi connectivity index (χ1) is 6.62. The largest absolute Gasteiger partial charge is 0.416 e. The number of sulfonamides is 1. The van der Waals surface area contributed by atoms with Crippen molar-refractivity contribution in [3.8, 4) is 0 Å². The number of hydrogen-bond donors (Lipinski definition) is 1. The van der Waals surface area contributed by atoms with Gasteiger partial charge in [0.1, 0.15) is 0 Å². The lowest BCUT2D eigenvalue weighted by atomic mass is 10.2. The van der Waals surface area contributed by atoms with Crippen molar-refractivity contribution in [3.63, 3.8) is 0 Å². The Morgan fingerprint density at radius 1 is 1.27 bits per heavy atom. The van der Waals surface area contributed by atoms with Crippen LogP contribution in [0.5, 0.6) is 0 Å². The van der Waals surface area contributed by atoms with Crippen LogP contribution in [0.1, 0.15) is 5.56 Å². The number of alkyl halides is 3. The van der Waals surface area contributed by atoms with E-state index < -0.39 is 21.8 Å². The van der Waals surface area contributed by atoms with Crippen LogP contribution in [0.4, 0.5) is 13.2 Å². The minimum atomic E-state index is -4.49. The standard InChI is InChI=1S/C7H5F3INO2S/c8-7(9,10)4-1-2-6(5(11)3-4)15(12,13)14/h1-3H,(H2,12,13,14). The molecule has 0 spiro atoms. The summed E-state index contributed by atoms with van der Waals surface area (Å²) in [6.07, 6.45) is -4.49. The Hall–Kier alpha value is -0.350. The Morgan fingerprint density at radius 2 is 1.80 bits per heavy atom. The Labute approximate surface area is 97.7 Å². The van der Waals surface area contributed by atoms with Gasteiger partial charge in [0.2, 0.25) is 10.0 Å². The highest BCUT2D eigenvalue weighted by atomic mass is 127. The van der Waals surface area contributed by atoms with Crippen molar-refractivity contribution in [2.75, 3.05) is 0 Å². The second-order valence-electron chi connectivity index (χ2n) is 2.69. The summed E-state index contributed by atoms with van der Waals surface area (Å²) in [5.74, 6) is 0. The van der Waals surface area contributed by atoms with Gasteiger partial charge in [0.05, 0.1) is 10.5 Å². The first-order valence-corrected chi connectivity index (χ1v) is 6.14. The summed E-state index contributed by atoms with van der Waals surface area (Å²) in [4.78, 5) is -0.309. The van der Waals surface area contributed by atoms with Crippen molar-refractivity contribution >= 4 is 32.6 Å². The third-order valence-corrected chi connectivity index (χ3v) is 3.79. The molecule has 1 aromatic rings. The molecule has 1 aromatic carbocycles. The van der Waals surface area contributed by atoms with Gasteiger partial charge in [-0.05, 0) is 40.8 Å². The fraction of sp³-hybridized carbons (Fsp3) is 0.143. The van der Waals surface area contributed by atoms with E-state index in [4.69, 9.17) is 5.14 Å². The van der Waals surface area contributed by atoms with Crippen LogP contribution >= 0.6 is 22.6 Å². The first-order valence-electron chi connectivity index (χ1n) is 3.52. The highest BCUT2D eigenvalue weighted by molar-refractivity contribution is 14.1. The molecule has 0 saturated carbocycles. The lowest BCUT2D eigenvalue weighted by molar-refractivity contribution is -0.137. The molecule has 0 aliphatic heterocycles. The average Bonchev–Trinajstić information content (AvgIpc) is 1.99. The molecule has 15 heavy (non-hydrogen) atoms. The van der Waals surface area contributed by atoms with E-state index in [0.717, 1.165) is 12.1 Å². The monoisotopic (exact) mass is 351 g/mol. The van der Waals surface area contributed by atoms with Crippen LogP contribution in [-0.4, -0.2) is 8.42 Å². The maximum atomic E-state index is 12.2. The molecular formula is C7H5F3INO2S. The summed E-state index contributed by atoms with van der Waals surface area (Å²) < 4.78 is 58.4. The Balaban J connectivity index is 3.34. The van der Waals surface area contributed by atoms with Crippen LogP contribution in [0.2, 0.25) is 0 Å². The van der Waals surface area contributed by atoms with Crippen LogP contribution < -0.4 is 5.14 Å². The van der Waals surface area contributed by atoms with E-state index >= 15 is 0 Å². The van der Waals surface area contributed by atoms with Crippen LogP contribution in [0.25, 0.3) is 0 Å². The summed E-state index contributed by atoms with van der Waals surface area (Å²) in [6, 6.07) is 2.27. The van der Waals surface area contributed by atoms with Gasteiger partial charge in [-0.25, -0.2) is 13.6 Å².